The fourth-order valence-electron chi connectivity index (χ4n) is 4.36. The molecule has 0 radical (unpaired) electrons. The fourth-order valence-corrected chi connectivity index (χ4v) is 4.36. The third-order valence-corrected chi connectivity index (χ3v) is 5.90. The second-order valence-electron chi connectivity index (χ2n) is 7.72. The van der Waals surface area contributed by atoms with Gasteiger partial charge in [-0.05, 0) is 42.5 Å². The van der Waals surface area contributed by atoms with Gasteiger partial charge in [0.1, 0.15) is 5.82 Å². The highest BCUT2D eigenvalue weighted by atomic mass is 19.1. The number of likely N-dealkylation sites (tertiary alicyclic amines) is 1. The maximum Gasteiger partial charge on any atom is 0.230 e. The van der Waals surface area contributed by atoms with E-state index in [1.165, 1.54) is 18.2 Å². The zero-order valence-corrected chi connectivity index (χ0v) is 15.5. The minimum atomic E-state index is -0.583. The zero-order chi connectivity index (χ0) is 18.8. The van der Waals surface area contributed by atoms with Crippen molar-refractivity contribution in [3.8, 4) is 0 Å². The van der Waals surface area contributed by atoms with E-state index in [9.17, 15) is 14.0 Å². The van der Waals surface area contributed by atoms with Crippen LogP contribution in [-0.2, 0) is 14.3 Å². The number of nitrogens with one attached hydrogen (secondary N) is 1. The third kappa shape index (κ3) is 4.14. The molecule has 0 aromatic heterocycles. The van der Waals surface area contributed by atoms with Gasteiger partial charge < -0.3 is 15.0 Å². The molecule has 6 nitrogen and oxygen atoms in total. The van der Waals surface area contributed by atoms with E-state index in [-0.39, 0.29) is 24.1 Å². The second-order valence-corrected chi connectivity index (χ2v) is 7.72. The zero-order valence-electron chi connectivity index (χ0n) is 15.5. The average Bonchev–Trinajstić information content (AvgIpc) is 2.68. The molecule has 1 N–H and O–H groups in total. The molecule has 146 valence electrons. The van der Waals surface area contributed by atoms with Gasteiger partial charge in [-0.1, -0.05) is 0 Å². The first-order chi connectivity index (χ1) is 13.1. The van der Waals surface area contributed by atoms with Gasteiger partial charge in [0.05, 0.1) is 19.1 Å². The van der Waals surface area contributed by atoms with Crippen molar-refractivity contribution >= 4 is 17.5 Å². The SMILES string of the molecule is O=C1CC(C(=O)N2CCC(CN3CCOCC3)CC2)c2cc(F)ccc2N1. The Morgan fingerprint density at radius 1 is 1.19 bits per heavy atom. The average molecular weight is 375 g/mol. The highest BCUT2D eigenvalue weighted by Gasteiger charge is 2.35. The summed E-state index contributed by atoms with van der Waals surface area (Å²) in [5.41, 5.74) is 1.14. The summed E-state index contributed by atoms with van der Waals surface area (Å²) in [5, 5.41) is 2.74. The summed E-state index contributed by atoms with van der Waals surface area (Å²) in [6, 6.07) is 4.22. The molecular weight excluding hydrogens is 349 g/mol. The molecule has 0 saturated carbocycles. The Balaban J connectivity index is 1.38. The number of rotatable bonds is 3. The van der Waals surface area contributed by atoms with Crippen LogP contribution in [0.2, 0.25) is 0 Å². The van der Waals surface area contributed by atoms with Crippen molar-refractivity contribution in [2.24, 2.45) is 5.92 Å². The normalized spacial score (nSPS) is 24.4. The van der Waals surface area contributed by atoms with Crippen LogP contribution in [0.3, 0.4) is 0 Å². The molecule has 27 heavy (non-hydrogen) atoms. The molecule has 3 heterocycles. The third-order valence-electron chi connectivity index (χ3n) is 5.90. The number of hydrogen-bond acceptors (Lipinski definition) is 4. The first-order valence-electron chi connectivity index (χ1n) is 9.78. The van der Waals surface area contributed by atoms with E-state index >= 15 is 0 Å². The highest BCUT2D eigenvalue weighted by molar-refractivity contribution is 6.01. The van der Waals surface area contributed by atoms with Gasteiger partial charge in [0.25, 0.3) is 0 Å². The quantitative estimate of drug-likeness (QED) is 0.876. The van der Waals surface area contributed by atoms with Crippen molar-refractivity contribution in [3.05, 3.63) is 29.6 Å². The van der Waals surface area contributed by atoms with Gasteiger partial charge in [-0.3, -0.25) is 14.5 Å². The maximum absolute atomic E-state index is 13.7. The number of morpholine rings is 1. The van der Waals surface area contributed by atoms with E-state index in [0.717, 1.165) is 45.7 Å². The van der Waals surface area contributed by atoms with Gasteiger partial charge in [-0.25, -0.2) is 4.39 Å². The number of anilines is 1. The number of benzene rings is 1. The lowest BCUT2D eigenvalue weighted by molar-refractivity contribution is -0.136. The van der Waals surface area contributed by atoms with Crippen molar-refractivity contribution < 1.29 is 18.7 Å². The Bertz CT molecular complexity index is 712. The van der Waals surface area contributed by atoms with Crippen LogP contribution in [0.5, 0.6) is 0 Å². The smallest absolute Gasteiger partial charge is 0.230 e. The van der Waals surface area contributed by atoms with E-state index in [2.05, 4.69) is 10.2 Å². The summed E-state index contributed by atoms with van der Waals surface area (Å²) in [7, 11) is 0. The van der Waals surface area contributed by atoms with E-state index < -0.39 is 5.92 Å². The number of hydrogen-bond donors (Lipinski definition) is 1. The lowest BCUT2D eigenvalue weighted by atomic mass is 9.88. The molecule has 2 amide bonds. The summed E-state index contributed by atoms with van der Waals surface area (Å²) < 4.78 is 19.1. The molecule has 1 aromatic carbocycles. The van der Waals surface area contributed by atoms with Gasteiger partial charge in [0.2, 0.25) is 11.8 Å². The summed E-state index contributed by atoms with van der Waals surface area (Å²) >= 11 is 0. The predicted octanol–water partition coefficient (Wildman–Crippen LogP) is 1.82. The monoisotopic (exact) mass is 375 g/mol. The fraction of sp³-hybridized carbons (Fsp3) is 0.600. The summed E-state index contributed by atoms with van der Waals surface area (Å²) in [6.45, 7) is 6.05. The Morgan fingerprint density at radius 3 is 2.67 bits per heavy atom. The number of amides is 2. The number of nitrogens with zero attached hydrogens (tertiary/aromatic N) is 2. The van der Waals surface area contributed by atoms with Crippen molar-refractivity contribution in [1.82, 2.24) is 9.80 Å². The molecule has 1 atom stereocenters. The number of halogens is 1. The van der Waals surface area contributed by atoms with Crippen molar-refractivity contribution in [2.45, 2.75) is 25.2 Å². The number of fused-ring (bicyclic) bond motifs is 1. The predicted molar refractivity (Wildman–Crippen MR) is 99.0 cm³/mol. The lowest BCUT2D eigenvalue weighted by Crippen LogP contribution is -2.46. The largest absolute Gasteiger partial charge is 0.379 e. The second kappa shape index (κ2) is 7.94. The van der Waals surface area contributed by atoms with Gasteiger partial charge in [0.15, 0.2) is 0 Å². The lowest BCUT2D eigenvalue weighted by Gasteiger charge is -2.38. The maximum atomic E-state index is 13.7. The van der Waals surface area contributed by atoms with E-state index in [0.29, 0.717) is 30.3 Å². The van der Waals surface area contributed by atoms with Crippen molar-refractivity contribution in [1.29, 1.82) is 0 Å². The van der Waals surface area contributed by atoms with Crippen LogP contribution in [0.4, 0.5) is 10.1 Å². The van der Waals surface area contributed by atoms with Crippen molar-refractivity contribution in [2.75, 3.05) is 51.3 Å². The number of carbonyl (C=O) groups excluding carboxylic acids is 2. The summed E-state index contributed by atoms with van der Waals surface area (Å²) in [5.74, 6) is -0.616. The highest BCUT2D eigenvalue weighted by Crippen LogP contribution is 2.35. The minimum absolute atomic E-state index is 0.0541. The number of piperidine rings is 1. The first kappa shape index (κ1) is 18.4. The van der Waals surface area contributed by atoms with Crippen LogP contribution >= 0.6 is 0 Å². The molecule has 2 fully saturated rings. The Morgan fingerprint density at radius 2 is 1.93 bits per heavy atom. The van der Waals surface area contributed by atoms with Gasteiger partial charge in [0, 0.05) is 44.8 Å². The Hall–Kier alpha value is -1.99. The number of ether oxygens (including phenoxy) is 1. The Labute approximate surface area is 158 Å². The Kier molecular flexibility index (Phi) is 5.41. The molecule has 3 aliphatic rings. The van der Waals surface area contributed by atoms with Crippen LogP contribution in [0.25, 0.3) is 0 Å². The van der Waals surface area contributed by atoms with Crippen LogP contribution in [0.1, 0.15) is 30.7 Å². The minimum Gasteiger partial charge on any atom is -0.379 e. The molecule has 0 aliphatic carbocycles. The molecule has 0 spiro atoms. The van der Waals surface area contributed by atoms with E-state index in [4.69, 9.17) is 4.74 Å². The van der Waals surface area contributed by atoms with E-state index in [1.54, 1.807) is 0 Å². The molecule has 2 saturated heterocycles. The van der Waals surface area contributed by atoms with Gasteiger partial charge in [-0.15, -0.1) is 0 Å². The van der Waals surface area contributed by atoms with Crippen LogP contribution < -0.4 is 5.32 Å². The molecule has 1 aromatic rings. The van der Waals surface area contributed by atoms with Crippen molar-refractivity contribution in [3.63, 3.8) is 0 Å². The van der Waals surface area contributed by atoms with Gasteiger partial charge in [-0.2, -0.15) is 0 Å². The van der Waals surface area contributed by atoms with Crippen LogP contribution in [0, 0.1) is 11.7 Å². The topological polar surface area (TPSA) is 61.9 Å². The molecule has 0 bridgehead atoms. The van der Waals surface area contributed by atoms with Crippen LogP contribution in [-0.4, -0.2) is 67.6 Å². The molecule has 4 rings (SSSR count). The molecular formula is C20H26FN3O3. The standard InChI is InChI=1S/C20H26FN3O3/c21-15-1-2-18-16(11-15)17(12-19(25)22-18)20(26)24-5-3-14(4-6-24)13-23-7-9-27-10-8-23/h1-2,11,14,17H,3-10,12-13H2,(H,22,25). The summed E-state index contributed by atoms with van der Waals surface area (Å²) in [6.07, 6.45) is 2.03. The molecule has 1 unspecified atom stereocenters. The van der Waals surface area contributed by atoms with Gasteiger partial charge >= 0.3 is 0 Å². The van der Waals surface area contributed by atoms with E-state index in [1.807, 2.05) is 4.90 Å². The number of carbonyl (C=O) groups is 2. The first-order valence-corrected chi connectivity index (χ1v) is 9.78. The summed E-state index contributed by atoms with van der Waals surface area (Å²) in [4.78, 5) is 29.4. The van der Waals surface area contributed by atoms with Crippen LogP contribution in [0.15, 0.2) is 18.2 Å². The molecule has 7 heteroatoms. The molecule has 3 aliphatic heterocycles.